The van der Waals surface area contributed by atoms with Gasteiger partial charge in [-0.15, -0.1) is 0 Å². The molecule has 3 aromatic carbocycles. The lowest BCUT2D eigenvalue weighted by molar-refractivity contribution is -0.131. The van der Waals surface area contributed by atoms with Gasteiger partial charge >= 0.3 is 0 Å². The van der Waals surface area contributed by atoms with Gasteiger partial charge < -0.3 is 9.47 Å². The lowest BCUT2D eigenvalue weighted by Gasteiger charge is -2.13. The smallest absolute Gasteiger partial charge is 0.276 e. The highest BCUT2D eigenvalue weighted by molar-refractivity contribution is 9.10. The second kappa shape index (κ2) is 9.43. The summed E-state index contributed by atoms with van der Waals surface area (Å²) in [7, 11) is 0. The third-order valence-corrected chi connectivity index (χ3v) is 4.66. The van der Waals surface area contributed by atoms with Crippen molar-refractivity contribution in [2.45, 2.75) is 13.8 Å². The lowest BCUT2D eigenvalue weighted by atomic mass is 10.1. The maximum absolute atomic E-state index is 11.9. The minimum atomic E-state index is -0.470. The molecule has 0 aliphatic heterocycles. The van der Waals surface area contributed by atoms with Crippen LogP contribution in [0, 0.1) is 13.8 Å². The van der Waals surface area contributed by atoms with Crippen LogP contribution in [0.4, 0.5) is 0 Å². The van der Waals surface area contributed by atoms with Gasteiger partial charge in [0.25, 0.3) is 11.8 Å². The number of nitrogens with one attached hydrogen (secondary N) is 2. The summed E-state index contributed by atoms with van der Waals surface area (Å²) in [4.78, 5) is 23.8. The maximum atomic E-state index is 11.9. The molecule has 0 aliphatic carbocycles. The van der Waals surface area contributed by atoms with Crippen LogP contribution in [0.2, 0.25) is 0 Å². The monoisotopic (exact) mass is 456 g/mol. The molecular weight excluding hydrogens is 436 g/mol. The van der Waals surface area contributed by atoms with Gasteiger partial charge in [0.1, 0.15) is 11.5 Å². The Bertz CT molecular complexity index is 1030. The van der Waals surface area contributed by atoms with E-state index in [9.17, 15) is 9.59 Å². The molecule has 0 spiro atoms. The van der Waals surface area contributed by atoms with Crippen molar-refractivity contribution in [2.75, 3.05) is 13.2 Å². The molecule has 0 aromatic heterocycles. The topological polar surface area (TPSA) is 76.7 Å². The van der Waals surface area contributed by atoms with Gasteiger partial charge in [-0.3, -0.25) is 20.4 Å². The van der Waals surface area contributed by atoms with Crippen LogP contribution in [-0.2, 0) is 9.59 Å². The molecule has 0 aliphatic rings. The number of hydrogen-bond acceptors (Lipinski definition) is 4. The van der Waals surface area contributed by atoms with Gasteiger partial charge in [0, 0.05) is 4.47 Å². The first-order valence-corrected chi connectivity index (χ1v) is 9.80. The second-order valence-electron chi connectivity index (χ2n) is 6.55. The van der Waals surface area contributed by atoms with E-state index in [2.05, 4.69) is 26.8 Å². The van der Waals surface area contributed by atoms with Gasteiger partial charge in [-0.25, -0.2) is 0 Å². The number of hydrazine groups is 1. The number of benzene rings is 3. The number of carbonyl (C=O) groups is 2. The molecule has 0 atom stereocenters. The third kappa shape index (κ3) is 5.71. The number of hydrogen-bond donors (Lipinski definition) is 2. The molecule has 2 N–H and O–H groups in total. The minimum Gasteiger partial charge on any atom is -0.484 e. The summed E-state index contributed by atoms with van der Waals surface area (Å²) >= 11 is 3.42. The molecule has 29 heavy (non-hydrogen) atoms. The van der Waals surface area contributed by atoms with E-state index < -0.39 is 11.8 Å². The fraction of sp³-hybridized carbons (Fsp3) is 0.182. The zero-order chi connectivity index (χ0) is 20.8. The van der Waals surface area contributed by atoms with Gasteiger partial charge in [0.2, 0.25) is 0 Å². The van der Waals surface area contributed by atoms with Gasteiger partial charge in [-0.2, -0.15) is 0 Å². The average Bonchev–Trinajstić information content (AvgIpc) is 2.69. The number of rotatable bonds is 6. The van der Waals surface area contributed by atoms with Crippen molar-refractivity contribution in [3.8, 4) is 11.5 Å². The molecule has 7 heteroatoms. The summed E-state index contributed by atoms with van der Waals surface area (Å²) in [5.41, 5.74) is 6.46. The van der Waals surface area contributed by atoms with Crippen molar-refractivity contribution in [1.82, 2.24) is 10.9 Å². The minimum absolute atomic E-state index is 0.213. The first-order chi connectivity index (χ1) is 13.9. The number of ether oxygens (including phenoxy) is 2. The normalized spacial score (nSPS) is 10.4. The van der Waals surface area contributed by atoms with Crippen LogP contribution < -0.4 is 20.3 Å². The van der Waals surface area contributed by atoms with E-state index in [0.717, 1.165) is 26.4 Å². The Balaban J connectivity index is 1.43. The number of carbonyl (C=O) groups excluding carboxylic acids is 2. The van der Waals surface area contributed by atoms with Gasteiger partial charge in [0.15, 0.2) is 13.2 Å². The van der Waals surface area contributed by atoms with Crippen LogP contribution in [0.1, 0.15) is 11.1 Å². The summed E-state index contributed by atoms with van der Waals surface area (Å²) in [5, 5.41) is 2.11. The Kier molecular flexibility index (Phi) is 6.72. The van der Waals surface area contributed by atoms with Gasteiger partial charge in [0.05, 0.1) is 0 Å². The van der Waals surface area contributed by atoms with Crippen molar-refractivity contribution >= 4 is 38.5 Å². The van der Waals surface area contributed by atoms with E-state index in [0.29, 0.717) is 11.5 Å². The molecule has 0 unspecified atom stereocenters. The predicted molar refractivity (Wildman–Crippen MR) is 115 cm³/mol. The quantitative estimate of drug-likeness (QED) is 0.552. The number of halogens is 1. The third-order valence-electron chi connectivity index (χ3n) is 4.20. The van der Waals surface area contributed by atoms with Crippen LogP contribution >= 0.6 is 15.9 Å². The zero-order valence-corrected chi connectivity index (χ0v) is 17.7. The molecule has 150 valence electrons. The van der Waals surface area contributed by atoms with Crippen LogP contribution in [0.5, 0.6) is 11.5 Å². The molecule has 3 rings (SSSR count). The highest BCUT2D eigenvalue weighted by atomic mass is 79.9. The average molecular weight is 457 g/mol. The fourth-order valence-corrected chi connectivity index (χ4v) is 3.57. The van der Waals surface area contributed by atoms with Crippen molar-refractivity contribution in [2.24, 2.45) is 0 Å². The van der Waals surface area contributed by atoms with E-state index in [1.165, 1.54) is 0 Å². The van der Waals surface area contributed by atoms with Crippen molar-refractivity contribution in [3.63, 3.8) is 0 Å². The Labute approximate surface area is 177 Å². The SMILES string of the molecule is Cc1cc(Br)cc(C)c1OCC(=O)NNC(=O)COc1ccc2ccccc2c1. The highest BCUT2D eigenvalue weighted by Gasteiger charge is 2.10. The Hall–Kier alpha value is -3.06. The summed E-state index contributed by atoms with van der Waals surface area (Å²) in [5.74, 6) is 0.289. The summed E-state index contributed by atoms with van der Waals surface area (Å²) in [6.45, 7) is 3.37. The molecule has 0 saturated carbocycles. The van der Waals surface area contributed by atoms with Crippen molar-refractivity contribution < 1.29 is 19.1 Å². The molecule has 2 amide bonds. The first kappa shape index (κ1) is 20.7. The van der Waals surface area contributed by atoms with E-state index in [1.807, 2.05) is 62.4 Å². The maximum Gasteiger partial charge on any atom is 0.276 e. The largest absolute Gasteiger partial charge is 0.484 e. The van der Waals surface area contributed by atoms with E-state index in [1.54, 1.807) is 6.07 Å². The van der Waals surface area contributed by atoms with Crippen molar-refractivity contribution in [3.05, 3.63) is 70.2 Å². The summed E-state index contributed by atoms with van der Waals surface area (Å²) in [6.07, 6.45) is 0. The first-order valence-electron chi connectivity index (χ1n) is 9.01. The van der Waals surface area contributed by atoms with E-state index >= 15 is 0 Å². The van der Waals surface area contributed by atoms with Gasteiger partial charge in [-0.05, 0) is 60.0 Å². The molecular formula is C22H21BrN2O4. The van der Waals surface area contributed by atoms with Crippen LogP contribution in [0.3, 0.4) is 0 Å². The Morgan fingerprint density at radius 3 is 2.07 bits per heavy atom. The van der Waals surface area contributed by atoms with Crippen LogP contribution in [0.25, 0.3) is 10.8 Å². The van der Waals surface area contributed by atoms with Gasteiger partial charge in [-0.1, -0.05) is 46.3 Å². The number of amides is 2. The molecule has 0 fully saturated rings. The second-order valence-corrected chi connectivity index (χ2v) is 7.47. The number of fused-ring (bicyclic) bond motifs is 1. The summed E-state index contributed by atoms with van der Waals surface area (Å²) in [6, 6.07) is 17.3. The summed E-state index contributed by atoms with van der Waals surface area (Å²) < 4.78 is 12.0. The highest BCUT2D eigenvalue weighted by Crippen LogP contribution is 2.27. The molecule has 6 nitrogen and oxygen atoms in total. The van der Waals surface area contributed by atoms with E-state index in [4.69, 9.17) is 9.47 Å². The zero-order valence-electron chi connectivity index (χ0n) is 16.1. The molecule has 0 bridgehead atoms. The van der Waals surface area contributed by atoms with Crippen LogP contribution in [-0.4, -0.2) is 25.0 Å². The number of aryl methyl sites for hydroxylation is 2. The van der Waals surface area contributed by atoms with Crippen LogP contribution in [0.15, 0.2) is 59.1 Å². The Morgan fingerprint density at radius 2 is 1.41 bits per heavy atom. The van der Waals surface area contributed by atoms with Crippen molar-refractivity contribution in [1.29, 1.82) is 0 Å². The molecule has 0 radical (unpaired) electrons. The molecule has 0 heterocycles. The lowest BCUT2D eigenvalue weighted by Crippen LogP contribution is -2.45. The van der Waals surface area contributed by atoms with E-state index in [-0.39, 0.29) is 13.2 Å². The molecule has 3 aromatic rings. The predicted octanol–water partition coefficient (Wildman–Crippen LogP) is 3.82. The fourth-order valence-electron chi connectivity index (χ4n) is 2.88. The molecule has 0 saturated heterocycles. The standard InChI is InChI=1S/C22H21BrN2O4/c1-14-9-18(23)10-15(2)22(14)29-13-21(27)25-24-20(26)12-28-19-8-7-16-5-3-4-6-17(16)11-19/h3-11H,12-13H2,1-2H3,(H,24,26)(H,25,27). The Morgan fingerprint density at radius 1 is 0.828 bits per heavy atom.